The lowest BCUT2D eigenvalue weighted by atomic mass is 10.0. The number of fused-ring (bicyclic) bond motifs is 1. The van der Waals surface area contributed by atoms with E-state index in [9.17, 15) is 0 Å². The van der Waals surface area contributed by atoms with Crippen molar-refractivity contribution in [1.82, 2.24) is 5.32 Å². The molecule has 3 fully saturated rings. The van der Waals surface area contributed by atoms with Crippen LogP contribution in [0.1, 0.15) is 25.7 Å². The molecule has 0 spiro atoms. The van der Waals surface area contributed by atoms with E-state index >= 15 is 0 Å². The second-order valence-corrected chi connectivity index (χ2v) is 4.34. The van der Waals surface area contributed by atoms with Crippen molar-refractivity contribution in [2.45, 2.75) is 31.7 Å². The van der Waals surface area contributed by atoms with Crippen LogP contribution < -0.4 is 5.32 Å². The van der Waals surface area contributed by atoms with E-state index in [1.54, 1.807) is 0 Å². The maximum Gasteiger partial charge on any atom is 0.00981 e. The fourth-order valence-corrected chi connectivity index (χ4v) is 2.42. The quantitative estimate of drug-likeness (QED) is 0.576. The largest absolute Gasteiger partial charge is 0.313 e. The maximum atomic E-state index is 3.67. The summed E-state index contributed by atoms with van der Waals surface area (Å²) in [5, 5.41) is 3.67. The number of piperidine rings is 1. The fourth-order valence-electron chi connectivity index (χ4n) is 2.42. The summed E-state index contributed by atoms with van der Waals surface area (Å²) in [6.45, 7) is 1.34. The molecule has 2 saturated carbocycles. The number of nitrogens with one attached hydrogen (secondary N) is 1. The first-order valence-electron chi connectivity index (χ1n) is 4.67. The number of hydrogen-bond donors (Lipinski definition) is 1. The van der Waals surface area contributed by atoms with Crippen LogP contribution in [0.3, 0.4) is 0 Å². The predicted octanol–water partition coefficient (Wildman–Crippen LogP) is 1.39. The average molecular weight is 137 g/mol. The van der Waals surface area contributed by atoms with Crippen molar-refractivity contribution in [3.63, 3.8) is 0 Å². The van der Waals surface area contributed by atoms with Crippen LogP contribution in [-0.4, -0.2) is 12.6 Å². The van der Waals surface area contributed by atoms with Crippen molar-refractivity contribution < 1.29 is 0 Å². The van der Waals surface area contributed by atoms with Gasteiger partial charge in [0.15, 0.2) is 0 Å². The molecule has 10 heavy (non-hydrogen) atoms. The summed E-state index contributed by atoms with van der Waals surface area (Å²) in [6, 6.07) is 0.934. The van der Waals surface area contributed by atoms with Crippen molar-refractivity contribution in [2.24, 2.45) is 17.8 Å². The Hall–Kier alpha value is -0.0400. The molecule has 3 unspecified atom stereocenters. The summed E-state index contributed by atoms with van der Waals surface area (Å²) < 4.78 is 0. The van der Waals surface area contributed by atoms with E-state index in [-0.39, 0.29) is 0 Å². The molecule has 1 nitrogen and oxygen atoms in total. The summed E-state index contributed by atoms with van der Waals surface area (Å²) in [6.07, 6.45) is 6.07. The van der Waals surface area contributed by atoms with Crippen molar-refractivity contribution in [1.29, 1.82) is 0 Å². The van der Waals surface area contributed by atoms with Gasteiger partial charge in [0, 0.05) is 6.04 Å². The van der Waals surface area contributed by atoms with Gasteiger partial charge in [0.1, 0.15) is 0 Å². The average Bonchev–Trinajstić information content (AvgIpc) is 2.83. The molecule has 0 amide bonds. The predicted molar refractivity (Wildman–Crippen MR) is 40.7 cm³/mol. The van der Waals surface area contributed by atoms with Crippen LogP contribution in [0.4, 0.5) is 0 Å². The zero-order valence-electron chi connectivity index (χ0n) is 6.34. The number of hydrogen-bond acceptors (Lipinski definition) is 1. The Morgan fingerprint density at radius 2 is 1.80 bits per heavy atom. The van der Waals surface area contributed by atoms with E-state index in [0.29, 0.717) is 0 Å². The highest BCUT2D eigenvalue weighted by molar-refractivity contribution is 5.00. The Labute approximate surface area is 62.2 Å². The van der Waals surface area contributed by atoms with Gasteiger partial charge >= 0.3 is 0 Å². The molecule has 1 heterocycles. The van der Waals surface area contributed by atoms with Crippen molar-refractivity contribution in [3.05, 3.63) is 0 Å². The Kier molecular flexibility index (Phi) is 0.984. The molecule has 0 bridgehead atoms. The molecule has 3 atom stereocenters. The Morgan fingerprint density at radius 1 is 0.900 bits per heavy atom. The molecule has 3 aliphatic rings. The SMILES string of the molecule is C1NC(C2CC2)CC2CC12. The monoisotopic (exact) mass is 137 g/mol. The minimum atomic E-state index is 0.934. The normalized spacial score (nSPS) is 52.2. The van der Waals surface area contributed by atoms with Crippen LogP contribution in [0.5, 0.6) is 0 Å². The smallest absolute Gasteiger partial charge is 0.00981 e. The zero-order chi connectivity index (χ0) is 6.55. The van der Waals surface area contributed by atoms with Crippen molar-refractivity contribution >= 4 is 0 Å². The molecule has 0 aromatic rings. The molecule has 3 rings (SSSR count). The first kappa shape index (κ1) is 5.59. The van der Waals surface area contributed by atoms with E-state index in [2.05, 4.69) is 5.32 Å². The molecule has 0 aromatic heterocycles. The van der Waals surface area contributed by atoms with Crippen LogP contribution in [0.15, 0.2) is 0 Å². The van der Waals surface area contributed by atoms with E-state index in [1.807, 2.05) is 0 Å². The third-order valence-corrected chi connectivity index (χ3v) is 3.46. The lowest BCUT2D eigenvalue weighted by molar-refractivity contribution is 0.354. The van der Waals surface area contributed by atoms with Gasteiger partial charge in [-0.1, -0.05) is 0 Å². The lowest BCUT2D eigenvalue weighted by Crippen LogP contribution is -2.36. The molecular weight excluding hydrogens is 122 g/mol. The minimum Gasteiger partial charge on any atom is -0.313 e. The zero-order valence-corrected chi connectivity index (χ0v) is 6.34. The van der Waals surface area contributed by atoms with Gasteiger partial charge in [-0.2, -0.15) is 0 Å². The van der Waals surface area contributed by atoms with E-state index in [0.717, 1.165) is 23.8 Å². The molecule has 56 valence electrons. The first-order chi connectivity index (χ1) is 4.93. The fraction of sp³-hybridized carbons (Fsp3) is 1.00. The summed E-state index contributed by atoms with van der Waals surface area (Å²) in [5.74, 6) is 3.32. The highest BCUT2D eigenvalue weighted by atomic mass is 15.0. The molecule has 1 saturated heterocycles. The van der Waals surface area contributed by atoms with Crippen molar-refractivity contribution in [3.8, 4) is 0 Å². The van der Waals surface area contributed by atoms with Gasteiger partial charge in [0.25, 0.3) is 0 Å². The minimum absolute atomic E-state index is 0.934. The molecule has 0 aromatic carbocycles. The van der Waals surface area contributed by atoms with E-state index in [4.69, 9.17) is 0 Å². The van der Waals surface area contributed by atoms with Gasteiger partial charge in [-0.3, -0.25) is 0 Å². The molecule has 1 aliphatic heterocycles. The van der Waals surface area contributed by atoms with Crippen LogP contribution in [0.2, 0.25) is 0 Å². The van der Waals surface area contributed by atoms with Crippen LogP contribution in [0, 0.1) is 17.8 Å². The highest BCUT2D eigenvalue weighted by Gasteiger charge is 2.45. The standard InChI is InChI=1S/C9H15N/c1-2-6(1)9-4-7-3-8(7)5-10-9/h6-10H,1-5H2. The van der Waals surface area contributed by atoms with Gasteiger partial charge < -0.3 is 5.32 Å². The van der Waals surface area contributed by atoms with Crippen molar-refractivity contribution in [2.75, 3.05) is 6.54 Å². The highest BCUT2D eigenvalue weighted by Crippen LogP contribution is 2.48. The van der Waals surface area contributed by atoms with Gasteiger partial charge in [-0.15, -0.1) is 0 Å². The molecular formula is C9H15N. The summed E-state index contributed by atoms with van der Waals surface area (Å²) in [4.78, 5) is 0. The Morgan fingerprint density at radius 3 is 2.50 bits per heavy atom. The third kappa shape index (κ3) is 0.800. The second kappa shape index (κ2) is 1.76. The topological polar surface area (TPSA) is 12.0 Å². The molecule has 0 radical (unpaired) electrons. The maximum absolute atomic E-state index is 3.67. The Balaban J connectivity index is 1.65. The summed E-state index contributed by atoms with van der Waals surface area (Å²) in [7, 11) is 0. The van der Waals surface area contributed by atoms with Gasteiger partial charge in [-0.05, 0) is 50.0 Å². The third-order valence-electron chi connectivity index (χ3n) is 3.46. The van der Waals surface area contributed by atoms with E-state index < -0.39 is 0 Å². The molecule has 2 aliphatic carbocycles. The molecule has 1 N–H and O–H groups in total. The first-order valence-corrected chi connectivity index (χ1v) is 4.67. The Bertz CT molecular complexity index is 151. The van der Waals surface area contributed by atoms with Crippen LogP contribution in [0.25, 0.3) is 0 Å². The second-order valence-electron chi connectivity index (χ2n) is 4.34. The van der Waals surface area contributed by atoms with Crippen LogP contribution >= 0.6 is 0 Å². The van der Waals surface area contributed by atoms with Crippen LogP contribution in [-0.2, 0) is 0 Å². The summed E-state index contributed by atoms with van der Waals surface area (Å²) >= 11 is 0. The lowest BCUT2D eigenvalue weighted by Gasteiger charge is -2.22. The van der Waals surface area contributed by atoms with Gasteiger partial charge in [0.2, 0.25) is 0 Å². The number of rotatable bonds is 1. The van der Waals surface area contributed by atoms with Gasteiger partial charge in [0.05, 0.1) is 0 Å². The summed E-state index contributed by atoms with van der Waals surface area (Å²) in [5.41, 5.74) is 0. The molecule has 1 heteroatoms. The van der Waals surface area contributed by atoms with Gasteiger partial charge in [-0.25, -0.2) is 0 Å². The van der Waals surface area contributed by atoms with E-state index in [1.165, 1.54) is 32.2 Å².